The van der Waals surface area contributed by atoms with Crippen LogP contribution in [0.2, 0.25) is 0 Å². The summed E-state index contributed by atoms with van der Waals surface area (Å²) in [4.78, 5) is 12.0. The second kappa shape index (κ2) is 7.24. The number of aryl methyl sites for hydroxylation is 1. The van der Waals surface area contributed by atoms with Crippen molar-refractivity contribution in [1.82, 2.24) is 14.7 Å². The largest absolute Gasteiger partial charge is 0.473 e. The van der Waals surface area contributed by atoms with Gasteiger partial charge in [0.05, 0.1) is 46.0 Å². The van der Waals surface area contributed by atoms with Gasteiger partial charge in [0.15, 0.2) is 5.82 Å². The predicted molar refractivity (Wildman–Crippen MR) is 111 cm³/mol. The number of benzene rings is 1. The molecule has 1 N–H and O–H groups in total. The zero-order chi connectivity index (χ0) is 20.1. The van der Waals surface area contributed by atoms with Gasteiger partial charge in [-0.3, -0.25) is 0 Å². The number of morpholine rings is 1. The summed E-state index contributed by atoms with van der Waals surface area (Å²) in [7, 11) is -1.18. The first-order chi connectivity index (χ1) is 13.2. The van der Waals surface area contributed by atoms with Crippen molar-refractivity contribution >= 4 is 27.8 Å². The summed E-state index contributed by atoms with van der Waals surface area (Å²) in [6, 6.07) is 4.17. The maximum absolute atomic E-state index is 12.6. The number of fused-ring (bicyclic) bond motifs is 4. The van der Waals surface area contributed by atoms with Gasteiger partial charge in [-0.05, 0) is 51.8 Å². The fourth-order valence-electron chi connectivity index (χ4n) is 3.57. The topological polar surface area (TPSA) is 76.6 Å². The summed E-state index contributed by atoms with van der Waals surface area (Å²) < 4.78 is 27.0. The SMILES string of the molecule is Cc1cc([C@@H](C)N[S@](=O)C(C)(C)C)c2nc3c(nc2c1)OC[C@@H]1COCCN31. The minimum atomic E-state index is -1.18. The van der Waals surface area contributed by atoms with Crippen LogP contribution in [-0.2, 0) is 15.7 Å². The minimum absolute atomic E-state index is 0.125. The molecule has 0 saturated carbocycles. The number of rotatable bonds is 3. The normalized spacial score (nSPS) is 21.6. The summed E-state index contributed by atoms with van der Waals surface area (Å²) in [6.45, 7) is 12.6. The zero-order valence-electron chi connectivity index (χ0n) is 17.1. The van der Waals surface area contributed by atoms with Crippen molar-refractivity contribution in [1.29, 1.82) is 0 Å². The van der Waals surface area contributed by atoms with E-state index < -0.39 is 11.0 Å². The third-order valence-electron chi connectivity index (χ3n) is 5.11. The Morgan fingerprint density at radius 2 is 2.07 bits per heavy atom. The number of anilines is 1. The Morgan fingerprint density at radius 3 is 2.82 bits per heavy atom. The van der Waals surface area contributed by atoms with E-state index >= 15 is 0 Å². The van der Waals surface area contributed by atoms with E-state index in [4.69, 9.17) is 19.4 Å². The number of hydrogen-bond acceptors (Lipinski definition) is 6. The Hall–Kier alpha value is -1.77. The van der Waals surface area contributed by atoms with Gasteiger partial charge in [0.25, 0.3) is 5.88 Å². The zero-order valence-corrected chi connectivity index (χ0v) is 17.9. The molecule has 0 aliphatic carbocycles. The van der Waals surface area contributed by atoms with Gasteiger partial charge < -0.3 is 14.4 Å². The molecule has 2 aliphatic rings. The van der Waals surface area contributed by atoms with Crippen LogP contribution in [0.4, 0.5) is 5.82 Å². The van der Waals surface area contributed by atoms with Crippen LogP contribution in [0, 0.1) is 6.92 Å². The molecular formula is C20H28N4O3S. The van der Waals surface area contributed by atoms with Crippen molar-refractivity contribution in [2.75, 3.05) is 31.3 Å². The van der Waals surface area contributed by atoms with Gasteiger partial charge in [-0.2, -0.15) is 0 Å². The number of ether oxygens (including phenoxy) is 2. The van der Waals surface area contributed by atoms with E-state index in [0.29, 0.717) is 25.7 Å². The Balaban J connectivity index is 1.78. The van der Waals surface area contributed by atoms with Crippen molar-refractivity contribution in [3.63, 3.8) is 0 Å². The maximum atomic E-state index is 12.6. The molecule has 0 radical (unpaired) electrons. The lowest BCUT2D eigenvalue weighted by molar-refractivity contribution is 0.0686. The average molecular weight is 405 g/mol. The molecule has 28 heavy (non-hydrogen) atoms. The van der Waals surface area contributed by atoms with Crippen LogP contribution in [0.3, 0.4) is 0 Å². The van der Waals surface area contributed by atoms with Crippen molar-refractivity contribution in [3.05, 3.63) is 23.3 Å². The van der Waals surface area contributed by atoms with Crippen LogP contribution >= 0.6 is 0 Å². The molecule has 3 atom stereocenters. The lowest BCUT2D eigenvalue weighted by atomic mass is 10.0. The summed E-state index contributed by atoms with van der Waals surface area (Å²) in [6.07, 6.45) is 0. The van der Waals surface area contributed by atoms with Gasteiger partial charge >= 0.3 is 0 Å². The van der Waals surface area contributed by atoms with Gasteiger partial charge in [-0.25, -0.2) is 18.9 Å². The second-order valence-corrected chi connectivity index (χ2v) is 10.5. The molecule has 0 spiro atoms. The number of hydrogen-bond donors (Lipinski definition) is 1. The lowest BCUT2D eigenvalue weighted by Crippen LogP contribution is -2.51. The summed E-state index contributed by atoms with van der Waals surface area (Å²) in [5.41, 5.74) is 3.71. The standard InChI is InChI=1S/C20H28N4O3S/c1-12-8-15(13(2)23-28(25)20(3,4)5)17-16(9-12)21-19-18(22-17)24-6-7-26-10-14(24)11-27-19/h8-9,13-14,23H,6-7,10-11H2,1-5H3/t13-,14+,28-/m1/s1. The van der Waals surface area contributed by atoms with Gasteiger partial charge in [0.2, 0.25) is 0 Å². The molecule has 1 saturated heterocycles. The van der Waals surface area contributed by atoms with Crippen LogP contribution in [-0.4, -0.2) is 51.3 Å². The molecule has 0 unspecified atom stereocenters. The Kier molecular flexibility index (Phi) is 5.05. The average Bonchev–Trinajstić information content (AvgIpc) is 2.65. The van der Waals surface area contributed by atoms with E-state index in [1.165, 1.54) is 0 Å². The Bertz CT molecular complexity index is 928. The molecule has 4 rings (SSSR count). The fraction of sp³-hybridized carbons (Fsp3) is 0.600. The molecule has 3 heterocycles. The lowest BCUT2D eigenvalue weighted by Gasteiger charge is -2.39. The molecule has 1 fully saturated rings. The van der Waals surface area contributed by atoms with Gasteiger partial charge in [0.1, 0.15) is 6.61 Å². The Labute approximate surface area is 168 Å². The third-order valence-corrected chi connectivity index (χ3v) is 6.79. The van der Waals surface area contributed by atoms with E-state index in [0.717, 1.165) is 34.5 Å². The number of nitrogens with one attached hydrogen (secondary N) is 1. The molecule has 1 aromatic carbocycles. The quantitative estimate of drug-likeness (QED) is 0.848. The highest BCUT2D eigenvalue weighted by atomic mass is 32.2. The summed E-state index contributed by atoms with van der Waals surface area (Å²) >= 11 is 0. The van der Waals surface area contributed by atoms with Crippen molar-refractivity contribution in [3.8, 4) is 5.88 Å². The van der Waals surface area contributed by atoms with Crippen LogP contribution in [0.1, 0.15) is 44.9 Å². The first kappa shape index (κ1) is 19.5. The minimum Gasteiger partial charge on any atom is -0.473 e. The first-order valence-corrected chi connectivity index (χ1v) is 10.9. The van der Waals surface area contributed by atoms with Crippen molar-refractivity contribution in [2.45, 2.75) is 51.4 Å². The molecule has 0 bridgehead atoms. The molecule has 2 aromatic rings. The van der Waals surface area contributed by atoms with Gasteiger partial charge in [-0.15, -0.1) is 0 Å². The fourth-order valence-corrected chi connectivity index (χ4v) is 4.37. The monoisotopic (exact) mass is 404 g/mol. The van der Waals surface area contributed by atoms with Crippen molar-refractivity contribution < 1.29 is 13.7 Å². The molecule has 2 aliphatic heterocycles. The van der Waals surface area contributed by atoms with E-state index in [1.807, 2.05) is 40.7 Å². The molecular weight excluding hydrogens is 376 g/mol. The number of nitrogens with zero attached hydrogens (tertiary/aromatic N) is 3. The second-order valence-electron chi connectivity index (χ2n) is 8.53. The molecule has 152 valence electrons. The molecule has 7 nitrogen and oxygen atoms in total. The highest BCUT2D eigenvalue weighted by Gasteiger charge is 2.33. The third kappa shape index (κ3) is 3.60. The molecule has 8 heteroatoms. The van der Waals surface area contributed by atoms with E-state index in [2.05, 4.69) is 15.7 Å². The van der Waals surface area contributed by atoms with Gasteiger partial charge in [0, 0.05) is 12.6 Å². The molecule has 1 aromatic heterocycles. The predicted octanol–water partition coefficient (Wildman–Crippen LogP) is 2.65. The highest BCUT2D eigenvalue weighted by molar-refractivity contribution is 7.84. The maximum Gasteiger partial charge on any atom is 0.258 e. The van der Waals surface area contributed by atoms with Crippen LogP contribution in [0.5, 0.6) is 5.88 Å². The highest BCUT2D eigenvalue weighted by Crippen LogP contribution is 2.35. The summed E-state index contributed by atoms with van der Waals surface area (Å²) in [5, 5.41) is 0. The Morgan fingerprint density at radius 1 is 1.29 bits per heavy atom. The first-order valence-electron chi connectivity index (χ1n) is 9.71. The number of aromatic nitrogens is 2. The summed E-state index contributed by atoms with van der Waals surface area (Å²) in [5.74, 6) is 1.36. The van der Waals surface area contributed by atoms with Gasteiger partial charge in [-0.1, -0.05) is 6.07 Å². The van der Waals surface area contributed by atoms with Crippen molar-refractivity contribution in [2.24, 2.45) is 0 Å². The van der Waals surface area contributed by atoms with E-state index in [-0.39, 0.29) is 16.8 Å². The van der Waals surface area contributed by atoms with Crippen LogP contribution in [0.15, 0.2) is 12.1 Å². The van der Waals surface area contributed by atoms with E-state index in [1.54, 1.807) is 0 Å². The van der Waals surface area contributed by atoms with Crippen LogP contribution in [0.25, 0.3) is 11.0 Å². The molecule has 0 amide bonds. The van der Waals surface area contributed by atoms with Crippen LogP contribution < -0.4 is 14.4 Å². The van der Waals surface area contributed by atoms with E-state index in [9.17, 15) is 4.21 Å². The smallest absolute Gasteiger partial charge is 0.258 e.